The van der Waals surface area contributed by atoms with Crippen molar-refractivity contribution >= 4 is 18.2 Å². The summed E-state index contributed by atoms with van der Waals surface area (Å²) >= 11 is 4.95. The second kappa shape index (κ2) is 2.95. The highest BCUT2D eigenvalue weighted by atomic mass is 32.1. The van der Waals surface area contributed by atoms with Gasteiger partial charge < -0.3 is 5.11 Å². The summed E-state index contributed by atoms with van der Waals surface area (Å²) in [5, 5.41) is 15.0. The number of carboxylic acids is 1. The maximum Gasteiger partial charge on any atom is 0.374 e. The van der Waals surface area contributed by atoms with E-state index in [0.29, 0.717) is 4.77 Å². The van der Waals surface area contributed by atoms with E-state index in [1.165, 1.54) is 0 Å². The van der Waals surface area contributed by atoms with Crippen LogP contribution in [-0.2, 0) is 0 Å². The molecule has 1 aliphatic carbocycles. The minimum absolute atomic E-state index is 0.0229. The van der Waals surface area contributed by atoms with Crippen molar-refractivity contribution in [1.29, 1.82) is 0 Å². The largest absolute Gasteiger partial charge is 0.475 e. The fourth-order valence-corrected chi connectivity index (χ4v) is 1.72. The van der Waals surface area contributed by atoms with Gasteiger partial charge in [0.2, 0.25) is 5.82 Å². The number of nitrogens with zero attached hydrogens (tertiary/aromatic N) is 2. The lowest BCUT2D eigenvalue weighted by Gasteiger charge is -2.26. The zero-order valence-electron chi connectivity index (χ0n) is 6.86. The number of hydrogen-bond donors (Lipinski definition) is 2. The van der Waals surface area contributed by atoms with Crippen LogP contribution in [0.1, 0.15) is 35.9 Å². The summed E-state index contributed by atoms with van der Waals surface area (Å²) in [5.41, 5.74) is 0. The van der Waals surface area contributed by atoms with Crippen molar-refractivity contribution in [3.8, 4) is 0 Å². The first-order chi connectivity index (χ1) is 6.20. The van der Waals surface area contributed by atoms with Crippen LogP contribution in [-0.4, -0.2) is 25.8 Å². The minimum Gasteiger partial charge on any atom is -0.475 e. The number of aromatic nitrogens is 3. The molecule has 6 heteroatoms. The summed E-state index contributed by atoms with van der Waals surface area (Å²) in [5.74, 6) is -1.01. The van der Waals surface area contributed by atoms with Gasteiger partial charge in [-0.15, -0.1) is 5.10 Å². The van der Waals surface area contributed by atoms with Crippen LogP contribution in [0.2, 0.25) is 0 Å². The van der Waals surface area contributed by atoms with Crippen LogP contribution in [0.15, 0.2) is 0 Å². The zero-order chi connectivity index (χ0) is 9.42. The Labute approximate surface area is 79.4 Å². The molecular formula is C7H9N3O2S. The summed E-state index contributed by atoms with van der Waals surface area (Å²) in [7, 11) is 0. The van der Waals surface area contributed by atoms with Gasteiger partial charge >= 0.3 is 5.97 Å². The van der Waals surface area contributed by atoms with E-state index in [2.05, 4.69) is 10.2 Å². The molecule has 1 heterocycles. The maximum absolute atomic E-state index is 10.7. The fourth-order valence-electron chi connectivity index (χ4n) is 1.44. The normalized spacial score (nSPS) is 16.9. The third-order valence-electron chi connectivity index (χ3n) is 2.34. The quantitative estimate of drug-likeness (QED) is 0.705. The summed E-state index contributed by atoms with van der Waals surface area (Å²) in [6, 6.07) is 0.234. The van der Waals surface area contributed by atoms with Crippen LogP contribution in [0.25, 0.3) is 0 Å². The maximum atomic E-state index is 10.7. The van der Waals surface area contributed by atoms with Crippen LogP contribution in [0, 0.1) is 4.77 Å². The Hall–Kier alpha value is -1.17. The monoisotopic (exact) mass is 199 g/mol. The molecule has 1 saturated carbocycles. The molecular weight excluding hydrogens is 190 g/mol. The first kappa shape index (κ1) is 8.43. The lowest BCUT2D eigenvalue weighted by Crippen LogP contribution is -2.21. The number of rotatable bonds is 2. The minimum atomic E-state index is -1.03. The highest BCUT2D eigenvalue weighted by molar-refractivity contribution is 7.71. The summed E-state index contributed by atoms with van der Waals surface area (Å²) in [6.45, 7) is 0. The topological polar surface area (TPSA) is 70.9 Å². The van der Waals surface area contributed by atoms with Crippen LogP contribution in [0.3, 0.4) is 0 Å². The molecule has 0 bridgehead atoms. The molecule has 0 aromatic carbocycles. The molecule has 0 unspecified atom stereocenters. The van der Waals surface area contributed by atoms with Gasteiger partial charge in [-0.3, -0.25) is 9.67 Å². The van der Waals surface area contributed by atoms with Gasteiger partial charge in [-0.05, 0) is 31.5 Å². The van der Waals surface area contributed by atoms with Crippen molar-refractivity contribution in [2.24, 2.45) is 0 Å². The number of carbonyl (C=O) groups is 1. The molecule has 0 aliphatic heterocycles. The Kier molecular flexibility index (Phi) is 1.91. The number of hydrogen-bond acceptors (Lipinski definition) is 3. The first-order valence-electron chi connectivity index (χ1n) is 4.10. The molecule has 70 valence electrons. The van der Waals surface area contributed by atoms with Gasteiger partial charge in [0, 0.05) is 6.04 Å². The van der Waals surface area contributed by atoms with Gasteiger partial charge in [-0.25, -0.2) is 4.79 Å². The highest BCUT2D eigenvalue weighted by Gasteiger charge is 2.25. The van der Waals surface area contributed by atoms with Crippen LogP contribution >= 0.6 is 12.2 Å². The Balaban J connectivity index is 2.45. The molecule has 1 aromatic heterocycles. The van der Waals surface area contributed by atoms with E-state index < -0.39 is 5.97 Å². The van der Waals surface area contributed by atoms with Gasteiger partial charge in [-0.2, -0.15) is 0 Å². The number of carboxylic acid groups (broad SMARTS) is 1. The smallest absolute Gasteiger partial charge is 0.374 e. The molecule has 1 aromatic rings. The van der Waals surface area contributed by atoms with Gasteiger partial charge in [0.15, 0.2) is 4.77 Å². The lowest BCUT2D eigenvalue weighted by molar-refractivity contribution is 0.0670. The van der Waals surface area contributed by atoms with Crippen molar-refractivity contribution in [2.75, 3.05) is 0 Å². The van der Waals surface area contributed by atoms with Crippen molar-refractivity contribution in [2.45, 2.75) is 25.3 Å². The lowest BCUT2D eigenvalue weighted by atomic mass is 9.93. The first-order valence-corrected chi connectivity index (χ1v) is 4.51. The Morgan fingerprint density at radius 1 is 1.69 bits per heavy atom. The summed E-state index contributed by atoms with van der Waals surface area (Å²) in [6.07, 6.45) is 3.12. The highest BCUT2D eigenvalue weighted by Crippen LogP contribution is 2.32. The van der Waals surface area contributed by atoms with Crippen molar-refractivity contribution in [3.05, 3.63) is 10.6 Å². The molecule has 0 spiro atoms. The molecule has 0 radical (unpaired) electrons. The van der Waals surface area contributed by atoms with Crippen molar-refractivity contribution < 1.29 is 9.90 Å². The second-order valence-corrected chi connectivity index (χ2v) is 3.50. The predicted molar refractivity (Wildman–Crippen MR) is 47.3 cm³/mol. The molecule has 0 amide bonds. The Morgan fingerprint density at radius 2 is 2.38 bits per heavy atom. The van der Waals surface area contributed by atoms with Crippen LogP contribution in [0.4, 0.5) is 0 Å². The second-order valence-electron chi connectivity index (χ2n) is 3.11. The van der Waals surface area contributed by atoms with E-state index in [-0.39, 0.29) is 11.9 Å². The van der Waals surface area contributed by atoms with Crippen LogP contribution < -0.4 is 0 Å². The molecule has 0 saturated heterocycles. The van der Waals surface area contributed by atoms with Crippen molar-refractivity contribution in [3.63, 3.8) is 0 Å². The fraction of sp³-hybridized carbons (Fsp3) is 0.571. The number of aromatic carboxylic acids is 1. The Bertz CT molecular complexity index is 391. The Morgan fingerprint density at radius 3 is 2.85 bits per heavy atom. The van der Waals surface area contributed by atoms with E-state index in [1.807, 2.05) is 0 Å². The summed E-state index contributed by atoms with van der Waals surface area (Å²) in [4.78, 5) is 10.7. The SMILES string of the molecule is O=C(O)c1n[nH]c(=S)n1C1CCC1. The number of H-pyrrole nitrogens is 1. The molecule has 13 heavy (non-hydrogen) atoms. The van der Waals surface area contributed by atoms with E-state index in [4.69, 9.17) is 17.3 Å². The third-order valence-corrected chi connectivity index (χ3v) is 2.62. The van der Waals surface area contributed by atoms with Gasteiger partial charge in [0.25, 0.3) is 0 Å². The predicted octanol–water partition coefficient (Wildman–Crippen LogP) is 1.36. The average Bonchev–Trinajstić information content (AvgIpc) is 2.30. The van der Waals surface area contributed by atoms with Gasteiger partial charge in [0.1, 0.15) is 0 Å². The number of aromatic amines is 1. The third kappa shape index (κ3) is 1.27. The van der Waals surface area contributed by atoms with E-state index >= 15 is 0 Å². The molecule has 0 atom stereocenters. The average molecular weight is 199 g/mol. The standard InChI is InChI=1S/C7H9N3O2S/c11-6(12)5-8-9-7(13)10(5)4-2-1-3-4/h4H,1-3H2,(H,9,13)(H,11,12). The van der Waals surface area contributed by atoms with E-state index in [9.17, 15) is 4.79 Å². The van der Waals surface area contributed by atoms with Gasteiger partial charge in [-0.1, -0.05) is 0 Å². The molecule has 1 aliphatic rings. The summed E-state index contributed by atoms with van der Waals surface area (Å²) < 4.78 is 2.00. The molecule has 1 fully saturated rings. The number of nitrogens with one attached hydrogen (secondary N) is 1. The van der Waals surface area contributed by atoms with Crippen molar-refractivity contribution in [1.82, 2.24) is 14.8 Å². The van der Waals surface area contributed by atoms with Gasteiger partial charge in [0.05, 0.1) is 0 Å². The van der Waals surface area contributed by atoms with Crippen LogP contribution in [0.5, 0.6) is 0 Å². The van der Waals surface area contributed by atoms with E-state index in [0.717, 1.165) is 19.3 Å². The molecule has 2 N–H and O–H groups in total. The van der Waals surface area contributed by atoms with E-state index in [1.54, 1.807) is 4.57 Å². The molecule has 2 rings (SSSR count). The zero-order valence-corrected chi connectivity index (χ0v) is 7.67. The molecule has 5 nitrogen and oxygen atoms in total.